The van der Waals surface area contributed by atoms with Crippen molar-refractivity contribution in [3.8, 4) is 0 Å². The number of carbonyl (C=O) groups excluding carboxylic acids is 2. The first-order valence-electron chi connectivity index (χ1n) is 7.38. The molecule has 0 aromatic carbocycles. The van der Waals surface area contributed by atoms with Crippen molar-refractivity contribution in [1.29, 1.82) is 0 Å². The minimum absolute atomic E-state index is 0.257. The van der Waals surface area contributed by atoms with Crippen LogP contribution in [0.4, 0.5) is 5.00 Å². The van der Waals surface area contributed by atoms with Gasteiger partial charge in [0.2, 0.25) is 5.91 Å². The predicted molar refractivity (Wildman–Crippen MR) is 96.4 cm³/mol. The number of rotatable bonds is 6. The average molecular weight is 349 g/mol. The molecule has 0 saturated heterocycles. The molecule has 0 bridgehead atoms. The van der Waals surface area contributed by atoms with E-state index in [1.54, 1.807) is 24.3 Å². The summed E-state index contributed by atoms with van der Waals surface area (Å²) in [5, 5.41) is 5.31. The maximum absolute atomic E-state index is 12.2. The molecule has 2 aromatic heterocycles. The molecule has 0 spiro atoms. The standard InChI is InChI=1S/C17H19NO3S2/c1-4-13-11(3)23-16(15(13)17(20)21-5-2)18-14(19)9-8-12-7-6-10-22-12/h6-10H,4-5H2,1-3H3,(H,18,19)/b9-8+. The molecule has 0 fully saturated rings. The van der Waals surface area contributed by atoms with Gasteiger partial charge in [-0.25, -0.2) is 4.79 Å². The molecule has 0 radical (unpaired) electrons. The van der Waals surface area contributed by atoms with E-state index < -0.39 is 0 Å². The number of hydrogen-bond acceptors (Lipinski definition) is 5. The molecule has 1 N–H and O–H groups in total. The lowest BCUT2D eigenvalue weighted by Crippen LogP contribution is -2.13. The molecule has 0 aliphatic heterocycles. The number of hydrogen-bond donors (Lipinski definition) is 1. The van der Waals surface area contributed by atoms with E-state index in [4.69, 9.17) is 4.74 Å². The monoisotopic (exact) mass is 349 g/mol. The third-order valence-electron chi connectivity index (χ3n) is 3.22. The SMILES string of the molecule is CCOC(=O)c1c(NC(=O)/C=C/c2cccs2)sc(C)c1CC. The van der Waals surface area contributed by atoms with E-state index in [1.807, 2.05) is 31.4 Å². The number of carbonyl (C=O) groups is 2. The summed E-state index contributed by atoms with van der Waals surface area (Å²) in [6.07, 6.45) is 3.95. The molecule has 0 aliphatic carbocycles. The summed E-state index contributed by atoms with van der Waals surface area (Å²) in [5.74, 6) is -0.640. The molecule has 0 aliphatic rings. The summed E-state index contributed by atoms with van der Waals surface area (Å²) in [6.45, 7) is 6.01. The fraction of sp³-hybridized carbons (Fsp3) is 0.294. The van der Waals surface area contributed by atoms with Crippen LogP contribution < -0.4 is 5.32 Å². The second-order valence-electron chi connectivity index (χ2n) is 4.75. The molecule has 122 valence electrons. The highest BCUT2D eigenvalue weighted by Crippen LogP contribution is 2.34. The van der Waals surface area contributed by atoms with Crippen LogP contribution in [0.5, 0.6) is 0 Å². The van der Waals surface area contributed by atoms with Gasteiger partial charge in [-0.3, -0.25) is 4.79 Å². The Labute approximate surface area is 143 Å². The highest BCUT2D eigenvalue weighted by molar-refractivity contribution is 7.16. The molecule has 23 heavy (non-hydrogen) atoms. The maximum Gasteiger partial charge on any atom is 0.341 e. The molecular weight excluding hydrogens is 330 g/mol. The molecule has 0 atom stereocenters. The van der Waals surface area contributed by atoms with E-state index in [0.29, 0.717) is 17.2 Å². The summed E-state index contributed by atoms with van der Waals surface area (Å²) in [6, 6.07) is 3.86. The van der Waals surface area contributed by atoms with E-state index in [2.05, 4.69) is 5.32 Å². The van der Waals surface area contributed by atoms with Gasteiger partial charge in [0.05, 0.1) is 12.2 Å². The Morgan fingerprint density at radius 2 is 2.13 bits per heavy atom. The van der Waals surface area contributed by atoms with Crippen molar-refractivity contribution in [1.82, 2.24) is 0 Å². The third kappa shape index (κ3) is 4.30. The van der Waals surface area contributed by atoms with E-state index in [1.165, 1.54) is 17.4 Å². The van der Waals surface area contributed by atoms with Crippen molar-refractivity contribution in [3.05, 3.63) is 44.5 Å². The number of nitrogens with one attached hydrogen (secondary N) is 1. The molecule has 0 unspecified atom stereocenters. The zero-order chi connectivity index (χ0) is 16.8. The number of amides is 1. The smallest absolute Gasteiger partial charge is 0.341 e. The normalized spacial score (nSPS) is 10.9. The lowest BCUT2D eigenvalue weighted by Gasteiger charge is -2.06. The van der Waals surface area contributed by atoms with Gasteiger partial charge in [0.1, 0.15) is 5.00 Å². The Morgan fingerprint density at radius 1 is 1.35 bits per heavy atom. The van der Waals surface area contributed by atoms with Crippen LogP contribution in [0.2, 0.25) is 0 Å². The highest BCUT2D eigenvalue weighted by Gasteiger charge is 2.22. The van der Waals surface area contributed by atoms with Crippen LogP contribution in [-0.2, 0) is 16.0 Å². The van der Waals surface area contributed by atoms with Crippen LogP contribution in [0.1, 0.15) is 39.5 Å². The summed E-state index contributed by atoms with van der Waals surface area (Å²) in [4.78, 5) is 26.3. The topological polar surface area (TPSA) is 55.4 Å². The molecule has 1 amide bonds. The van der Waals surface area contributed by atoms with E-state index >= 15 is 0 Å². The van der Waals surface area contributed by atoms with Gasteiger partial charge in [-0.15, -0.1) is 22.7 Å². The summed E-state index contributed by atoms with van der Waals surface area (Å²) in [5.41, 5.74) is 1.42. The van der Waals surface area contributed by atoms with Crippen molar-refractivity contribution in [2.45, 2.75) is 27.2 Å². The van der Waals surface area contributed by atoms with Gasteiger partial charge in [-0.1, -0.05) is 13.0 Å². The predicted octanol–water partition coefficient (Wildman–Crippen LogP) is 4.51. The van der Waals surface area contributed by atoms with Crippen LogP contribution in [0, 0.1) is 6.92 Å². The number of thiophene rings is 2. The first kappa shape index (κ1) is 17.4. The third-order valence-corrected chi connectivity index (χ3v) is 5.12. The largest absolute Gasteiger partial charge is 0.462 e. The van der Waals surface area contributed by atoms with Crippen LogP contribution >= 0.6 is 22.7 Å². The number of ether oxygens (including phenoxy) is 1. The number of anilines is 1. The fourth-order valence-corrected chi connectivity index (χ4v) is 3.96. The zero-order valence-electron chi connectivity index (χ0n) is 13.3. The lowest BCUT2D eigenvalue weighted by molar-refractivity contribution is -0.111. The average Bonchev–Trinajstić information content (AvgIpc) is 3.12. The van der Waals surface area contributed by atoms with Gasteiger partial charge in [0.25, 0.3) is 0 Å². The van der Waals surface area contributed by atoms with Crippen molar-refractivity contribution in [3.63, 3.8) is 0 Å². The first-order chi connectivity index (χ1) is 11.1. The second kappa shape index (κ2) is 8.08. The van der Waals surface area contributed by atoms with Crippen molar-refractivity contribution in [2.75, 3.05) is 11.9 Å². The fourth-order valence-electron chi connectivity index (χ4n) is 2.21. The molecule has 4 nitrogen and oxygen atoms in total. The summed E-state index contributed by atoms with van der Waals surface area (Å²) in [7, 11) is 0. The van der Waals surface area contributed by atoms with E-state index in [9.17, 15) is 9.59 Å². The second-order valence-corrected chi connectivity index (χ2v) is 6.96. The van der Waals surface area contributed by atoms with Gasteiger partial charge in [0, 0.05) is 15.8 Å². The Bertz CT molecular complexity index is 715. The van der Waals surface area contributed by atoms with Gasteiger partial charge in [-0.05, 0) is 43.4 Å². The maximum atomic E-state index is 12.2. The minimum Gasteiger partial charge on any atom is -0.462 e. The van der Waals surface area contributed by atoms with Gasteiger partial charge in [0.15, 0.2) is 0 Å². The molecule has 2 rings (SSSR count). The molecule has 6 heteroatoms. The van der Waals surface area contributed by atoms with Crippen LogP contribution in [-0.4, -0.2) is 18.5 Å². The van der Waals surface area contributed by atoms with Crippen molar-refractivity contribution >= 4 is 45.6 Å². The minimum atomic E-state index is -0.383. The zero-order valence-corrected chi connectivity index (χ0v) is 15.0. The summed E-state index contributed by atoms with van der Waals surface area (Å²) >= 11 is 2.97. The van der Waals surface area contributed by atoms with Crippen molar-refractivity contribution in [2.24, 2.45) is 0 Å². The Balaban J connectivity index is 2.21. The van der Waals surface area contributed by atoms with E-state index in [0.717, 1.165) is 21.7 Å². The molecule has 0 saturated carbocycles. The van der Waals surface area contributed by atoms with Gasteiger partial charge >= 0.3 is 5.97 Å². The van der Waals surface area contributed by atoms with Crippen molar-refractivity contribution < 1.29 is 14.3 Å². The number of aryl methyl sites for hydroxylation is 1. The van der Waals surface area contributed by atoms with Gasteiger partial charge < -0.3 is 10.1 Å². The Morgan fingerprint density at radius 3 is 2.74 bits per heavy atom. The molecular formula is C17H19NO3S2. The molecule has 2 aromatic rings. The highest BCUT2D eigenvalue weighted by atomic mass is 32.1. The van der Waals surface area contributed by atoms with Crippen LogP contribution in [0.3, 0.4) is 0 Å². The van der Waals surface area contributed by atoms with E-state index in [-0.39, 0.29) is 11.9 Å². The lowest BCUT2D eigenvalue weighted by atomic mass is 10.1. The number of esters is 1. The van der Waals surface area contributed by atoms with Crippen LogP contribution in [0.25, 0.3) is 6.08 Å². The Hall–Kier alpha value is -1.92. The molecule has 2 heterocycles. The first-order valence-corrected chi connectivity index (χ1v) is 9.08. The van der Waals surface area contributed by atoms with Crippen LogP contribution in [0.15, 0.2) is 23.6 Å². The quantitative estimate of drug-likeness (QED) is 0.617. The van der Waals surface area contributed by atoms with Gasteiger partial charge in [-0.2, -0.15) is 0 Å². The Kier molecular flexibility index (Phi) is 6.12. The summed E-state index contributed by atoms with van der Waals surface area (Å²) < 4.78 is 5.12.